The minimum absolute atomic E-state index is 0.154. The lowest BCUT2D eigenvalue weighted by Crippen LogP contribution is -2.12. The van der Waals surface area contributed by atoms with Gasteiger partial charge in [-0.05, 0) is 30.3 Å². The number of aryl methyl sites for hydroxylation is 1. The number of carbonyl (C=O) groups is 1. The zero-order valence-electron chi connectivity index (χ0n) is 11.9. The molecular weight excluding hydrogens is 278 g/mol. The van der Waals surface area contributed by atoms with Gasteiger partial charge in [0.05, 0.1) is 35.4 Å². The number of fused-ring (bicyclic) bond motifs is 2. The second kappa shape index (κ2) is 4.70. The summed E-state index contributed by atoms with van der Waals surface area (Å²) in [7, 11) is 1.94. The molecule has 6 nitrogen and oxygen atoms in total. The molecule has 0 unspecified atom stereocenters. The third kappa shape index (κ3) is 2.01. The smallest absolute Gasteiger partial charge is 0.255 e. The van der Waals surface area contributed by atoms with E-state index in [0.29, 0.717) is 5.56 Å². The van der Waals surface area contributed by atoms with Gasteiger partial charge in [-0.2, -0.15) is 0 Å². The maximum absolute atomic E-state index is 12.4. The molecule has 0 bridgehead atoms. The average molecular weight is 291 g/mol. The molecule has 0 aliphatic heterocycles. The highest BCUT2D eigenvalue weighted by molar-refractivity contribution is 6.05. The van der Waals surface area contributed by atoms with Crippen molar-refractivity contribution in [1.82, 2.24) is 18.9 Å². The van der Waals surface area contributed by atoms with Gasteiger partial charge < -0.3 is 14.3 Å². The van der Waals surface area contributed by atoms with Crippen molar-refractivity contribution in [2.45, 2.75) is 0 Å². The van der Waals surface area contributed by atoms with Crippen molar-refractivity contribution in [2.24, 2.45) is 7.05 Å². The molecule has 0 saturated carbocycles. The van der Waals surface area contributed by atoms with Crippen LogP contribution >= 0.6 is 0 Å². The van der Waals surface area contributed by atoms with Crippen molar-refractivity contribution in [3.05, 3.63) is 60.9 Å². The van der Waals surface area contributed by atoms with Crippen LogP contribution in [0.2, 0.25) is 0 Å². The number of carbonyl (C=O) groups excluding carboxylic acids is 1. The first kappa shape index (κ1) is 12.6. The van der Waals surface area contributed by atoms with E-state index in [1.165, 1.54) is 0 Å². The summed E-state index contributed by atoms with van der Waals surface area (Å²) < 4.78 is 3.80. The topological polar surface area (TPSA) is 64.2 Å². The number of nitrogens with zero attached hydrogens (tertiary/aromatic N) is 4. The highest BCUT2D eigenvalue weighted by Crippen LogP contribution is 2.18. The lowest BCUT2D eigenvalue weighted by Gasteiger charge is -2.06. The predicted octanol–water partition coefficient (Wildman–Crippen LogP) is 2.47. The van der Waals surface area contributed by atoms with E-state index in [9.17, 15) is 4.79 Å². The molecule has 0 saturated heterocycles. The Kier molecular flexibility index (Phi) is 2.69. The van der Waals surface area contributed by atoms with E-state index in [4.69, 9.17) is 0 Å². The Morgan fingerprint density at radius 2 is 2.09 bits per heavy atom. The number of anilines is 1. The second-order valence-electron chi connectivity index (χ2n) is 5.15. The van der Waals surface area contributed by atoms with Gasteiger partial charge in [-0.1, -0.05) is 0 Å². The van der Waals surface area contributed by atoms with Gasteiger partial charge in [-0.15, -0.1) is 0 Å². The van der Waals surface area contributed by atoms with Gasteiger partial charge in [0.1, 0.15) is 0 Å². The quantitative estimate of drug-likeness (QED) is 0.617. The number of pyridine rings is 1. The Morgan fingerprint density at radius 3 is 3.00 bits per heavy atom. The summed E-state index contributed by atoms with van der Waals surface area (Å²) in [6.07, 6.45) is 6.99. The number of benzene rings is 1. The van der Waals surface area contributed by atoms with Crippen LogP contribution in [0.15, 0.2) is 55.4 Å². The van der Waals surface area contributed by atoms with Gasteiger partial charge in [0, 0.05) is 24.5 Å². The summed E-state index contributed by atoms with van der Waals surface area (Å²) >= 11 is 0. The molecular formula is C16H13N5O. The minimum Gasteiger partial charge on any atom is -0.334 e. The zero-order valence-corrected chi connectivity index (χ0v) is 11.9. The molecule has 0 spiro atoms. The number of nitrogens with one attached hydrogen (secondary N) is 1. The zero-order chi connectivity index (χ0) is 15.1. The van der Waals surface area contributed by atoms with E-state index in [-0.39, 0.29) is 5.91 Å². The molecule has 1 N–H and O–H groups in total. The Labute approximate surface area is 126 Å². The van der Waals surface area contributed by atoms with E-state index >= 15 is 0 Å². The van der Waals surface area contributed by atoms with Crippen LogP contribution < -0.4 is 5.32 Å². The first-order valence-electron chi connectivity index (χ1n) is 6.85. The molecule has 6 heteroatoms. The number of hydrogen-bond acceptors (Lipinski definition) is 3. The predicted molar refractivity (Wildman–Crippen MR) is 83.9 cm³/mol. The fourth-order valence-electron chi connectivity index (χ4n) is 2.48. The summed E-state index contributed by atoms with van der Waals surface area (Å²) in [5.74, 6) is -0.154. The number of aromatic nitrogens is 4. The van der Waals surface area contributed by atoms with E-state index in [1.54, 1.807) is 24.9 Å². The van der Waals surface area contributed by atoms with Crippen LogP contribution in [0.1, 0.15) is 10.4 Å². The molecule has 22 heavy (non-hydrogen) atoms. The molecule has 4 aromatic rings. The van der Waals surface area contributed by atoms with E-state index in [0.717, 1.165) is 22.2 Å². The van der Waals surface area contributed by atoms with Gasteiger partial charge >= 0.3 is 0 Å². The first-order valence-corrected chi connectivity index (χ1v) is 6.85. The molecule has 108 valence electrons. The van der Waals surface area contributed by atoms with E-state index < -0.39 is 0 Å². The first-order chi connectivity index (χ1) is 10.7. The fraction of sp³-hybridized carbons (Fsp3) is 0.0625. The van der Waals surface area contributed by atoms with E-state index in [2.05, 4.69) is 15.3 Å². The molecule has 1 amide bonds. The van der Waals surface area contributed by atoms with Gasteiger partial charge in [0.25, 0.3) is 5.91 Å². The van der Waals surface area contributed by atoms with Gasteiger partial charge in [-0.3, -0.25) is 4.79 Å². The number of rotatable bonds is 2. The van der Waals surface area contributed by atoms with Crippen LogP contribution in [0.25, 0.3) is 16.6 Å². The number of hydrogen-bond donors (Lipinski definition) is 1. The minimum atomic E-state index is -0.154. The molecule has 0 aliphatic carbocycles. The maximum Gasteiger partial charge on any atom is 0.255 e. The maximum atomic E-state index is 12.4. The van der Waals surface area contributed by atoms with Crippen molar-refractivity contribution in [1.29, 1.82) is 0 Å². The largest absolute Gasteiger partial charge is 0.334 e. The van der Waals surface area contributed by atoms with Crippen molar-refractivity contribution >= 4 is 28.1 Å². The van der Waals surface area contributed by atoms with Gasteiger partial charge in [-0.25, -0.2) is 9.97 Å². The van der Waals surface area contributed by atoms with Crippen LogP contribution in [0.4, 0.5) is 5.69 Å². The van der Waals surface area contributed by atoms with Crippen molar-refractivity contribution in [3.63, 3.8) is 0 Å². The van der Waals surface area contributed by atoms with Crippen molar-refractivity contribution in [2.75, 3.05) is 5.32 Å². The third-order valence-corrected chi connectivity index (χ3v) is 3.66. The summed E-state index contributed by atoms with van der Waals surface area (Å²) in [6.45, 7) is 0. The van der Waals surface area contributed by atoms with Crippen LogP contribution in [-0.2, 0) is 7.05 Å². The Balaban J connectivity index is 1.64. The summed E-state index contributed by atoms with van der Waals surface area (Å²) in [4.78, 5) is 20.7. The van der Waals surface area contributed by atoms with Crippen molar-refractivity contribution in [3.8, 4) is 0 Å². The summed E-state index contributed by atoms with van der Waals surface area (Å²) in [5, 5.41) is 2.90. The Hall–Kier alpha value is -3.15. The molecule has 0 fully saturated rings. The molecule has 0 aliphatic rings. The SMILES string of the molecule is Cn1cnc2cc(NC(=O)c3ccn4cncc4c3)ccc21. The molecule has 0 radical (unpaired) electrons. The molecule has 3 aromatic heterocycles. The Morgan fingerprint density at radius 1 is 1.18 bits per heavy atom. The van der Waals surface area contributed by atoms with Gasteiger partial charge in [0.15, 0.2) is 0 Å². The number of imidazole rings is 2. The normalized spacial score (nSPS) is 11.1. The number of amides is 1. The highest BCUT2D eigenvalue weighted by Gasteiger charge is 2.08. The average Bonchev–Trinajstić information content (AvgIpc) is 3.13. The highest BCUT2D eigenvalue weighted by atomic mass is 16.1. The lowest BCUT2D eigenvalue weighted by molar-refractivity contribution is 0.102. The lowest BCUT2D eigenvalue weighted by atomic mass is 10.2. The van der Waals surface area contributed by atoms with Crippen molar-refractivity contribution < 1.29 is 4.79 Å². The molecule has 1 aromatic carbocycles. The Bertz CT molecular complexity index is 998. The van der Waals surface area contributed by atoms with Gasteiger partial charge in [0.2, 0.25) is 0 Å². The summed E-state index contributed by atoms with van der Waals surface area (Å²) in [6, 6.07) is 9.26. The molecule has 3 heterocycles. The van der Waals surface area contributed by atoms with Crippen LogP contribution in [0.3, 0.4) is 0 Å². The monoisotopic (exact) mass is 291 g/mol. The standard InChI is InChI=1S/C16H13N5O/c1-20-10-18-14-7-12(2-3-15(14)20)19-16(22)11-4-5-21-9-17-8-13(21)6-11/h2-10H,1H3,(H,19,22). The van der Waals surface area contributed by atoms with E-state index in [1.807, 2.05) is 46.5 Å². The molecule has 0 atom stereocenters. The fourth-order valence-corrected chi connectivity index (χ4v) is 2.48. The third-order valence-electron chi connectivity index (χ3n) is 3.66. The van der Waals surface area contributed by atoms with Crippen LogP contribution in [0, 0.1) is 0 Å². The van der Waals surface area contributed by atoms with Crippen LogP contribution in [-0.4, -0.2) is 24.8 Å². The second-order valence-corrected chi connectivity index (χ2v) is 5.15. The summed E-state index contributed by atoms with van der Waals surface area (Å²) in [5.41, 5.74) is 4.08. The molecule has 4 rings (SSSR count). The van der Waals surface area contributed by atoms with Crippen LogP contribution in [0.5, 0.6) is 0 Å².